The third kappa shape index (κ3) is 25.5. The van der Waals surface area contributed by atoms with E-state index < -0.39 is 29.9 Å². The molecular weight excluding hydrogens is 638 g/mol. The molecule has 1 fully saturated rings. The standard InChI is InChI=1S/C19H34N4O8.C15H29NO2/c1-2-3-15(19(30)31)23-10-8-21(13-17(26)27)6-4-20(12-16(24)25)5-7-22(9-11-23)14-18(28)29;1-14(2)15(18)11-9-7-5-3-4-6-8-10-12-16-13-17/h15H,2-14H2,1H3,(H,24,25)(H,26,27)(H,28,29)(H,30,31);13-14H,3-12H2,1-2H3,(H,16,17). The number of carboxylic acid groups (broad SMARTS) is 4. The number of hydrogen-bond donors (Lipinski definition) is 5. The van der Waals surface area contributed by atoms with E-state index in [0.717, 1.165) is 32.2 Å². The van der Waals surface area contributed by atoms with Gasteiger partial charge in [0, 0.05) is 71.2 Å². The lowest BCUT2D eigenvalue weighted by atomic mass is 10.0. The van der Waals surface area contributed by atoms with Crippen molar-refractivity contribution in [1.82, 2.24) is 24.9 Å². The molecule has 0 radical (unpaired) electrons. The number of Topliss-reactive ketones (excluding diaryl/α,β-unsaturated/α-hetero) is 1. The molecule has 1 aliphatic heterocycles. The van der Waals surface area contributed by atoms with Crippen molar-refractivity contribution in [2.75, 3.05) is 78.5 Å². The van der Waals surface area contributed by atoms with Crippen LogP contribution in [0, 0.1) is 5.92 Å². The summed E-state index contributed by atoms with van der Waals surface area (Å²) in [6.07, 6.45) is 12.2. The summed E-state index contributed by atoms with van der Waals surface area (Å²) < 4.78 is 0. The first kappa shape index (κ1) is 45.9. The Hall–Kier alpha value is -3.14. The third-order valence-corrected chi connectivity index (χ3v) is 8.46. The number of carbonyl (C=O) groups is 6. The van der Waals surface area contributed by atoms with Gasteiger partial charge >= 0.3 is 23.9 Å². The summed E-state index contributed by atoms with van der Waals surface area (Å²) in [4.78, 5) is 73.6. The largest absolute Gasteiger partial charge is 0.480 e. The molecule has 1 heterocycles. The number of ketones is 1. The molecule has 0 aliphatic carbocycles. The normalized spacial score (nSPS) is 16.4. The summed E-state index contributed by atoms with van der Waals surface area (Å²) in [6, 6.07) is -0.741. The van der Waals surface area contributed by atoms with Gasteiger partial charge in [-0.05, 0) is 19.3 Å². The number of carbonyl (C=O) groups excluding carboxylic acids is 2. The van der Waals surface area contributed by atoms with Crippen molar-refractivity contribution >= 4 is 36.1 Å². The predicted octanol–water partition coefficient (Wildman–Crippen LogP) is 2.18. The van der Waals surface area contributed by atoms with Crippen molar-refractivity contribution in [3.63, 3.8) is 0 Å². The van der Waals surface area contributed by atoms with Gasteiger partial charge < -0.3 is 25.7 Å². The zero-order valence-corrected chi connectivity index (χ0v) is 30.0. The Kier molecular flexibility index (Phi) is 26.8. The molecule has 0 aromatic carbocycles. The average Bonchev–Trinajstić information content (AvgIpc) is 3.02. The van der Waals surface area contributed by atoms with Crippen LogP contribution in [0.1, 0.15) is 91.4 Å². The fraction of sp³-hybridized carbons (Fsp3) is 0.824. The van der Waals surface area contributed by atoms with Gasteiger partial charge in [-0.1, -0.05) is 65.7 Å². The van der Waals surface area contributed by atoms with Crippen LogP contribution in [0.15, 0.2) is 0 Å². The molecule has 0 aromatic rings. The van der Waals surface area contributed by atoms with E-state index in [-0.39, 0.29) is 25.6 Å². The summed E-state index contributed by atoms with van der Waals surface area (Å²) >= 11 is 0. The van der Waals surface area contributed by atoms with Crippen molar-refractivity contribution in [2.24, 2.45) is 5.92 Å². The van der Waals surface area contributed by atoms with Crippen molar-refractivity contribution in [2.45, 2.75) is 97.4 Å². The number of rotatable bonds is 23. The topological polar surface area (TPSA) is 208 Å². The molecule has 1 unspecified atom stereocenters. The highest BCUT2D eigenvalue weighted by atomic mass is 16.4. The quantitative estimate of drug-likeness (QED) is 0.0765. The molecule has 1 rings (SSSR count). The van der Waals surface area contributed by atoms with E-state index in [9.17, 15) is 44.1 Å². The number of nitrogens with one attached hydrogen (secondary N) is 1. The highest BCUT2D eigenvalue weighted by molar-refractivity contribution is 5.80. The maximum atomic E-state index is 11.8. The lowest BCUT2D eigenvalue weighted by Gasteiger charge is -2.35. The molecule has 0 aromatic heterocycles. The second-order valence-electron chi connectivity index (χ2n) is 13.0. The third-order valence-electron chi connectivity index (χ3n) is 8.46. The van der Waals surface area contributed by atoms with E-state index in [1.165, 1.54) is 38.5 Å². The fourth-order valence-corrected chi connectivity index (χ4v) is 5.58. The van der Waals surface area contributed by atoms with E-state index in [4.69, 9.17) is 5.11 Å². The van der Waals surface area contributed by atoms with Crippen molar-refractivity contribution < 1.29 is 49.2 Å². The van der Waals surface area contributed by atoms with Crippen LogP contribution < -0.4 is 5.32 Å². The minimum Gasteiger partial charge on any atom is -0.480 e. The fourth-order valence-electron chi connectivity index (χ4n) is 5.58. The predicted molar refractivity (Wildman–Crippen MR) is 186 cm³/mol. The molecule has 284 valence electrons. The molecule has 1 saturated heterocycles. The van der Waals surface area contributed by atoms with Gasteiger partial charge in [-0.25, -0.2) is 0 Å². The van der Waals surface area contributed by atoms with Crippen LogP contribution in [0.3, 0.4) is 0 Å². The number of hydrogen-bond acceptors (Lipinski definition) is 10. The van der Waals surface area contributed by atoms with Gasteiger partial charge in [0.05, 0.1) is 19.6 Å². The zero-order chi connectivity index (χ0) is 37.0. The van der Waals surface area contributed by atoms with Crippen LogP contribution >= 0.6 is 0 Å². The second kappa shape index (κ2) is 28.7. The Morgan fingerprint density at radius 1 is 0.633 bits per heavy atom. The van der Waals surface area contributed by atoms with E-state index in [1.807, 2.05) is 20.8 Å². The van der Waals surface area contributed by atoms with E-state index >= 15 is 0 Å². The lowest BCUT2D eigenvalue weighted by Crippen LogP contribution is -2.51. The van der Waals surface area contributed by atoms with Crippen LogP contribution in [-0.4, -0.2) is 161 Å². The highest BCUT2D eigenvalue weighted by Crippen LogP contribution is 2.12. The van der Waals surface area contributed by atoms with Gasteiger partial charge in [0.25, 0.3) is 0 Å². The first-order chi connectivity index (χ1) is 23.3. The molecule has 1 amide bonds. The van der Waals surface area contributed by atoms with Crippen LogP contribution in [-0.2, 0) is 28.8 Å². The van der Waals surface area contributed by atoms with Crippen LogP contribution in [0.2, 0.25) is 0 Å². The minimum absolute atomic E-state index is 0.199. The molecule has 1 aliphatic rings. The number of nitrogens with zero attached hydrogens (tertiary/aromatic N) is 4. The van der Waals surface area contributed by atoms with Crippen molar-refractivity contribution in [3.05, 3.63) is 0 Å². The Morgan fingerprint density at radius 3 is 1.37 bits per heavy atom. The van der Waals surface area contributed by atoms with Crippen LogP contribution in [0.4, 0.5) is 0 Å². The van der Waals surface area contributed by atoms with Gasteiger partial charge in [-0.15, -0.1) is 0 Å². The monoisotopic (exact) mass is 701 g/mol. The Morgan fingerprint density at radius 2 is 1.02 bits per heavy atom. The molecule has 0 spiro atoms. The maximum absolute atomic E-state index is 11.8. The number of unbranched alkanes of at least 4 members (excludes halogenated alkanes) is 7. The van der Waals surface area contributed by atoms with Crippen molar-refractivity contribution in [3.8, 4) is 0 Å². The van der Waals surface area contributed by atoms with E-state index in [2.05, 4.69) is 5.32 Å². The molecule has 15 heteroatoms. The average molecular weight is 702 g/mol. The first-order valence-corrected chi connectivity index (χ1v) is 17.8. The molecule has 49 heavy (non-hydrogen) atoms. The van der Waals surface area contributed by atoms with Gasteiger partial charge in [0.15, 0.2) is 0 Å². The second-order valence-corrected chi connectivity index (χ2v) is 13.0. The highest BCUT2D eigenvalue weighted by Gasteiger charge is 2.27. The summed E-state index contributed by atoms with van der Waals surface area (Å²) in [6.45, 7) is 8.39. The Labute approximate surface area is 292 Å². The summed E-state index contributed by atoms with van der Waals surface area (Å²) in [5.41, 5.74) is 0. The lowest BCUT2D eigenvalue weighted by molar-refractivity contribution is -0.145. The minimum atomic E-state index is -1.02. The molecule has 15 nitrogen and oxygen atoms in total. The van der Waals surface area contributed by atoms with Crippen LogP contribution in [0.25, 0.3) is 0 Å². The summed E-state index contributed by atoms with van der Waals surface area (Å²) in [5.74, 6) is -3.41. The van der Waals surface area contributed by atoms with Gasteiger partial charge in [-0.2, -0.15) is 0 Å². The first-order valence-electron chi connectivity index (χ1n) is 17.8. The van der Waals surface area contributed by atoms with Gasteiger partial charge in [0.1, 0.15) is 11.8 Å². The van der Waals surface area contributed by atoms with Gasteiger partial charge in [0.2, 0.25) is 6.41 Å². The maximum Gasteiger partial charge on any atom is 0.320 e. The SMILES string of the molecule is CC(C)C(=O)CCCCCCCCCCNC=O.CCCC(C(=O)O)N1CCN(CC(=O)O)CCN(CC(=O)O)CCN(CC(=O)O)CC1. The Balaban J connectivity index is 0.00000109. The van der Waals surface area contributed by atoms with E-state index in [1.54, 1.807) is 19.6 Å². The Bertz CT molecular complexity index is 936. The molecule has 5 N–H and O–H groups in total. The number of aliphatic carboxylic acids is 4. The number of carboxylic acids is 4. The molecular formula is C34H63N5O10. The van der Waals surface area contributed by atoms with E-state index in [0.29, 0.717) is 71.0 Å². The smallest absolute Gasteiger partial charge is 0.320 e. The molecule has 1 atom stereocenters. The number of amides is 1. The van der Waals surface area contributed by atoms with Gasteiger partial charge in [-0.3, -0.25) is 48.4 Å². The van der Waals surface area contributed by atoms with Crippen LogP contribution in [0.5, 0.6) is 0 Å². The summed E-state index contributed by atoms with van der Waals surface area (Å²) in [5, 5.41) is 39.9. The summed E-state index contributed by atoms with van der Waals surface area (Å²) in [7, 11) is 0. The molecule has 0 saturated carbocycles. The molecule has 0 bridgehead atoms. The zero-order valence-electron chi connectivity index (χ0n) is 30.0. The van der Waals surface area contributed by atoms with Crippen molar-refractivity contribution in [1.29, 1.82) is 0 Å².